The average molecular weight is 244 g/mol. The van der Waals surface area contributed by atoms with Crippen LogP contribution in [0.25, 0.3) is 0 Å². The molecule has 3 unspecified atom stereocenters. The van der Waals surface area contributed by atoms with Crippen molar-refractivity contribution in [3.63, 3.8) is 0 Å². The Balaban J connectivity index is 1.74. The number of carbonyl (C=O) groups excluding carboxylic acids is 1. The predicted molar refractivity (Wildman–Crippen MR) is 65.7 cm³/mol. The normalized spacial score (nSPS) is 34.9. The monoisotopic (exact) mass is 244 g/mol. The van der Waals surface area contributed by atoms with Gasteiger partial charge in [-0.3, -0.25) is 4.79 Å². The molecule has 1 aliphatic carbocycles. The third kappa shape index (κ3) is 3.12. The van der Waals surface area contributed by atoms with Gasteiger partial charge in [0.1, 0.15) is 0 Å². The molecule has 2 aliphatic rings. The highest BCUT2D eigenvalue weighted by atomic mass is 32.2. The van der Waals surface area contributed by atoms with E-state index in [4.69, 9.17) is 4.74 Å². The van der Waals surface area contributed by atoms with Crippen LogP contribution in [-0.4, -0.2) is 49.3 Å². The Hall–Kier alpha value is -0.260. The molecule has 16 heavy (non-hydrogen) atoms. The van der Waals surface area contributed by atoms with Crippen LogP contribution in [0, 0.1) is 0 Å². The SMILES string of the molecule is COC1CCC(NC(=O)C2CSCCN2)C1. The minimum atomic E-state index is 0.000319. The van der Waals surface area contributed by atoms with Crippen LogP contribution in [-0.2, 0) is 9.53 Å². The third-order valence-corrected chi connectivity index (χ3v) is 4.36. The summed E-state index contributed by atoms with van der Waals surface area (Å²) in [7, 11) is 1.74. The summed E-state index contributed by atoms with van der Waals surface area (Å²) in [6, 6.07) is 0.312. The first-order chi connectivity index (χ1) is 7.79. The van der Waals surface area contributed by atoms with Crippen molar-refractivity contribution in [2.24, 2.45) is 0 Å². The van der Waals surface area contributed by atoms with Gasteiger partial charge in [0, 0.05) is 31.2 Å². The van der Waals surface area contributed by atoms with E-state index < -0.39 is 0 Å². The van der Waals surface area contributed by atoms with Gasteiger partial charge in [0.05, 0.1) is 12.1 Å². The highest BCUT2D eigenvalue weighted by Crippen LogP contribution is 2.21. The maximum Gasteiger partial charge on any atom is 0.238 e. The number of hydrogen-bond donors (Lipinski definition) is 2. The van der Waals surface area contributed by atoms with Gasteiger partial charge in [0.15, 0.2) is 0 Å². The van der Waals surface area contributed by atoms with E-state index in [2.05, 4.69) is 10.6 Å². The lowest BCUT2D eigenvalue weighted by atomic mass is 10.2. The molecule has 2 fully saturated rings. The van der Waals surface area contributed by atoms with Gasteiger partial charge in [-0.05, 0) is 19.3 Å². The van der Waals surface area contributed by atoms with Crippen LogP contribution in [0.3, 0.4) is 0 Å². The summed E-state index contributed by atoms with van der Waals surface area (Å²) in [5, 5.41) is 6.37. The van der Waals surface area contributed by atoms with Crippen LogP contribution in [0.4, 0.5) is 0 Å². The van der Waals surface area contributed by atoms with Gasteiger partial charge in [-0.25, -0.2) is 0 Å². The molecule has 5 heteroatoms. The molecule has 1 saturated carbocycles. The number of amides is 1. The van der Waals surface area contributed by atoms with Gasteiger partial charge in [-0.2, -0.15) is 11.8 Å². The molecular formula is C11H20N2O2S. The van der Waals surface area contributed by atoms with Crippen LogP contribution >= 0.6 is 11.8 Å². The Morgan fingerprint density at radius 3 is 3.00 bits per heavy atom. The van der Waals surface area contributed by atoms with Crippen molar-refractivity contribution in [1.29, 1.82) is 0 Å². The molecule has 4 nitrogen and oxygen atoms in total. The average Bonchev–Trinajstić information content (AvgIpc) is 2.78. The summed E-state index contributed by atoms with van der Waals surface area (Å²) >= 11 is 1.85. The fraction of sp³-hybridized carbons (Fsp3) is 0.909. The predicted octanol–water partition coefficient (Wildman–Crippen LogP) is 0.375. The first kappa shape index (κ1) is 12.2. The third-order valence-electron chi connectivity index (χ3n) is 3.30. The minimum Gasteiger partial charge on any atom is -0.381 e. The Morgan fingerprint density at radius 2 is 2.38 bits per heavy atom. The fourth-order valence-electron chi connectivity index (χ4n) is 2.32. The Bertz CT molecular complexity index is 244. The quantitative estimate of drug-likeness (QED) is 0.753. The number of carbonyl (C=O) groups is 1. The van der Waals surface area contributed by atoms with Gasteiger partial charge in [-0.1, -0.05) is 0 Å². The van der Waals surface area contributed by atoms with Crippen LogP contribution in [0.1, 0.15) is 19.3 Å². The molecule has 1 amide bonds. The van der Waals surface area contributed by atoms with Crippen LogP contribution in [0.2, 0.25) is 0 Å². The van der Waals surface area contributed by atoms with Crippen molar-refractivity contribution >= 4 is 17.7 Å². The number of thioether (sulfide) groups is 1. The zero-order valence-electron chi connectivity index (χ0n) is 9.70. The van der Waals surface area contributed by atoms with Crippen LogP contribution < -0.4 is 10.6 Å². The minimum absolute atomic E-state index is 0.000319. The highest BCUT2D eigenvalue weighted by Gasteiger charge is 2.28. The molecule has 0 aromatic carbocycles. The second-order valence-electron chi connectivity index (χ2n) is 4.46. The highest BCUT2D eigenvalue weighted by molar-refractivity contribution is 7.99. The van der Waals surface area contributed by atoms with Gasteiger partial charge >= 0.3 is 0 Å². The molecule has 0 aromatic rings. The summed E-state index contributed by atoms with van der Waals surface area (Å²) in [4.78, 5) is 11.9. The zero-order valence-corrected chi connectivity index (χ0v) is 10.5. The lowest BCUT2D eigenvalue weighted by Gasteiger charge is -2.24. The molecule has 1 heterocycles. The molecule has 92 valence electrons. The second-order valence-corrected chi connectivity index (χ2v) is 5.61. The first-order valence-electron chi connectivity index (χ1n) is 5.94. The lowest BCUT2D eigenvalue weighted by Crippen LogP contribution is -2.51. The zero-order chi connectivity index (χ0) is 11.4. The molecule has 0 aromatic heterocycles. The van der Waals surface area contributed by atoms with Crippen molar-refractivity contribution in [1.82, 2.24) is 10.6 Å². The van der Waals surface area contributed by atoms with Crippen LogP contribution in [0.15, 0.2) is 0 Å². The summed E-state index contributed by atoms with van der Waals surface area (Å²) < 4.78 is 5.30. The molecule has 1 saturated heterocycles. The van der Waals surface area contributed by atoms with E-state index in [1.807, 2.05) is 11.8 Å². The van der Waals surface area contributed by atoms with E-state index in [9.17, 15) is 4.79 Å². The topological polar surface area (TPSA) is 50.4 Å². The number of nitrogens with one attached hydrogen (secondary N) is 2. The fourth-order valence-corrected chi connectivity index (χ4v) is 3.25. The maximum atomic E-state index is 11.9. The van der Waals surface area contributed by atoms with E-state index in [0.717, 1.165) is 37.3 Å². The van der Waals surface area contributed by atoms with Crippen molar-refractivity contribution < 1.29 is 9.53 Å². The molecular weight excluding hydrogens is 224 g/mol. The van der Waals surface area contributed by atoms with E-state index in [1.54, 1.807) is 7.11 Å². The van der Waals surface area contributed by atoms with Crippen molar-refractivity contribution in [2.45, 2.75) is 37.5 Å². The molecule has 1 aliphatic heterocycles. The standard InChI is InChI=1S/C11H20N2O2S/c1-15-9-3-2-8(6-9)13-11(14)10-7-16-5-4-12-10/h8-10,12H,2-7H2,1H3,(H,13,14). The molecule has 3 atom stereocenters. The Labute approximate surface area is 101 Å². The summed E-state index contributed by atoms with van der Waals surface area (Å²) in [5.74, 6) is 2.17. The summed E-state index contributed by atoms with van der Waals surface area (Å²) in [6.45, 7) is 0.939. The van der Waals surface area contributed by atoms with Gasteiger partial charge in [0.25, 0.3) is 0 Å². The molecule has 2 N–H and O–H groups in total. The number of hydrogen-bond acceptors (Lipinski definition) is 4. The number of methoxy groups -OCH3 is 1. The molecule has 0 bridgehead atoms. The summed E-state index contributed by atoms with van der Waals surface area (Å²) in [5.41, 5.74) is 0. The Morgan fingerprint density at radius 1 is 1.50 bits per heavy atom. The second kappa shape index (κ2) is 5.89. The molecule has 0 spiro atoms. The van der Waals surface area contributed by atoms with E-state index >= 15 is 0 Å². The van der Waals surface area contributed by atoms with Crippen LogP contribution in [0.5, 0.6) is 0 Å². The lowest BCUT2D eigenvalue weighted by molar-refractivity contribution is -0.123. The molecule has 0 radical (unpaired) electrons. The van der Waals surface area contributed by atoms with E-state index in [-0.39, 0.29) is 11.9 Å². The number of ether oxygens (including phenoxy) is 1. The maximum absolute atomic E-state index is 11.9. The van der Waals surface area contributed by atoms with Gasteiger partial charge in [-0.15, -0.1) is 0 Å². The first-order valence-corrected chi connectivity index (χ1v) is 7.09. The van der Waals surface area contributed by atoms with Crippen molar-refractivity contribution in [2.75, 3.05) is 25.2 Å². The van der Waals surface area contributed by atoms with Crippen molar-refractivity contribution in [3.05, 3.63) is 0 Å². The van der Waals surface area contributed by atoms with Gasteiger partial charge < -0.3 is 15.4 Å². The number of rotatable bonds is 3. The van der Waals surface area contributed by atoms with E-state index in [0.29, 0.717) is 12.1 Å². The van der Waals surface area contributed by atoms with E-state index in [1.165, 1.54) is 0 Å². The summed E-state index contributed by atoms with van der Waals surface area (Å²) in [6.07, 6.45) is 3.40. The van der Waals surface area contributed by atoms with Gasteiger partial charge in [0.2, 0.25) is 5.91 Å². The Kier molecular flexibility index (Phi) is 4.49. The van der Waals surface area contributed by atoms with Crippen molar-refractivity contribution in [3.8, 4) is 0 Å². The molecule has 2 rings (SSSR count). The largest absolute Gasteiger partial charge is 0.381 e. The smallest absolute Gasteiger partial charge is 0.238 e.